The Labute approximate surface area is 79.9 Å². The first-order valence-electron chi connectivity index (χ1n) is 3.53. The van der Waals surface area contributed by atoms with E-state index in [9.17, 15) is 4.79 Å². The molecule has 1 aromatic rings. The van der Waals surface area contributed by atoms with Gasteiger partial charge in [-0.15, -0.1) is 5.10 Å². The van der Waals surface area contributed by atoms with Crippen LogP contribution in [-0.4, -0.2) is 28.0 Å². The normalized spacial score (nSPS) is 10.1. The maximum Gasteiger partial charge on any atom is 0.309 e. The van der Waals surface area contributed by atoms with Crippen LogP contribution in [0.2, 0.25) is 5.02 Å². The second kappa shape index (κ2) is 3.66. The summed E-state index contributed by atoms with van der Waals surface area (Å²) < 4.78 is 6.23. The van der Waals surface area contributed by atoms with Crippen molar-refractivity contribution < 1.29 is 14.6 Å². The van der Waals surface area contributed by atoms with Crippen LogP contribution >= 0.6 is 11.6 Å². The van der Waals surface area contributed by atoms with Crippen LogP contribution in [0, 0.1) is 0 Å². The van der Waals surface area contributed by atoms with Gasteiger partial charge in [0.25, 0.3) is 5.88 Å². The third-order valence-electron chi connectivity index (χ3n) is 1.58. The first-order chi connectivity index (χ1) is 6.06. The highest BCUT2D eigenvalue weighted by Gasteiger charge is 2.16. The van der Waals surface area contributed by atoms with E-state index in [1.54, 1.807) is 7.05 Å². The first kappa shape index (κ1) is 9.85. The largest absolute Gasteiger partial charge is 0.481 e. The van der Waals surface area contributed by atoms with E-state index in [0.29, 0.717) is 5.69 Å². The lowest BCUT2D eigenvalue weighted by atomic mass is 10.3. The molecule has 0 unspecified atom stereocenters. The summed E-state index contributed by atoms with van der Waals surface area (Å²) in [5, 5.41) is 12.7. The molecule has 1 aromatic heterocycles. The fourth-order valence-corrected chi connectivity index (χ4v) is 1.28. The molecule has 1 heterocycles. The van der Waals surface area contributed by atoms with E-state index in [0.717, 1.165) is 0 Å². The number of ether oxygens (including phenoxy) is 1. The van der Waals surface area contributed by atoms with Crippen LogP contribution in [0.15, 0.2) is 0 Å². The quantitative estimate of drug-likeness (QED) is 0.788. The molecule has 0 aliphatic heterocycles. The van der Waals surface area contributed by atoms with Gasteiger partial charge in [-0.1, -0.05) is 11.6 Å². The van der Waals surface area contributed by atoms with E-state index >= 15 is 0 Å². The Morgan fingerprint density at radius 1 is 1.77 bits per heavy atom. The second-order valence-electron chi connectivity index (χ2n) is 2.46. The molecule has 0 amide bonds. The van der Waals surface area contributed by atoms with Gasteiger partial charge in [0, 0.05) is 7.05 Å². The third-order valence-corrected chi connectivity index (χ3v) is 1.96. The molecule has 0 saturated heterocycles. The molecule has 6 heteroatoms. The average molecular weight is 205 g/mol. The Balaban J connectivity index is 3.05. The molecule has 0 spiro atoms. The fraction of sp³-hybridized carbons (Fsp3) is 0.429. The molecule has 13 heavy (non-hydrogen) atoms. The lowest BCUT2D eigenvalue weighted by molar-refractivity contribution is -0.136. The zero-order valence-electron chi connectivity index (χ0n) is 7.24. The molecule has 0 aliphatic rings. The molecule has 0 aromatic carbocycles. The number of aromatic nitrogens is 2. The molecular formula is C7H9ClN2O3. The van der Waals surface area contributed by atoms with Gasteiger partial charge in [-0.05, 0) is 0 Å². The van der Waals surface area contributed by atoms with Gasteiger partial charge in [0.2, 0.25) is 0 Å². The summed E-state index contributed by atoms with van der Waals surface area (Å²) in [4.78, 5) is 10.4. The molecule has 1 rings (SSSR count). The topological polar surface area (TPSA) is 64.4 Å². The maximum atomic E-state index is 10.4. The number of carboxylic acid groups (broad SMARTS) is 1. The van der Waals surface area contributed by atoms with Crippen LogP contribution in [0.5, 0.6) is 5.88 Å². The fourth-order valence-electron chi connectivity index (χ4n) is 0.972. The minimum absolute atomic E-state index is 0.161. The van der Waals surface area contributed by atoms with Crippen molar-refractivity contribution in [2.24, 2.45) is 7.05 Å². The van der Waals surface area contributed by atoms with Gasteiger partial charge < -0.3 is 9.84 Å². The number of rotatable bonds is 3. The highest BCUT2D eigenvalue weighted by Crippen LogP contribution is 2.26. The molecule has 0 saturated carbocycles. The molecule has 72 valence electrons. The summed E-state index contributed by atoms with van der Waals surface area (Å²) in [6, 6.07) is 0. The number of carboxylic acids is 1. The van der Waals surface area contributed by atoms with Gasteiger partial charge in [-0.25, -0.2) is 0 Å². The van der Waals surface area contributed by atoms with Crippen molar-refractivity contribution in [3.63, 3.8) is 0 Å². The third kappa shape index (κ3) is 1.92. The van der Waals surface area contributed by atoms with Crippen molar-refractivity contribution in [3.05, 3.63) is 10.7 Å². The van der Waals surface area contributed by atoms with Crippen molar-refractivity contribution >= 4 is 17.6 Å². The Bertz CT molecular complexity index is 335. The molecule has 1 N–H and O–H groups in total. The van der Waals surface area contributed by atoms with E-state index in [2.05, 4.69) is 5.10 Å². The van der Waals surface area contributed by atoms with Crippen LogP contribution in [0.25, 0.3) is 0 Å². The van der Waals surface area contributed by atoms with Crippen molar-refractivity contribution in [3.8, 4) is 5.88 Å². The van der Waals surface area contributed by atoms with Crippen LogP contribution < -0.4 is 4.74 Å². The predicted octanol–water partition coefficient (Wildman–Crippen LogP) is 0.709. The van der Waals surface area contributed by atoms with Gasteiger partial charge in [0.05, 0.1) is 19.2 Å². The van der Waals surface area contributed by atoms with Crippen molar-refractivity contribution in [2.75, 3.05) is 7.11 Å². The van der Waals surface area contributed by atoms with Crippen molar-refractivity contribution in [1.29, 1.82) is 0 Å². The molecule has 0 bridgehead atoms. The van der Waals surface area contributed by atoms with E-state index in [-0.39, 0.29) is 17.3 Å². The Hall–Kier alpha value is -1.23. The zero-order valence-corrected chi connectivity index (χ0v) is 8.00. The van der Waals surface area contributed by atoms with Gasteiger partial charge in [0.1, 0.15) is 5.02 Å². The van der Waals surface area contributed by atoms with Crippen LogP contribution in [0.3, 0.4) is 0 Å². The number of hydrogen-bond donors (Lipinski definition) is 1. The Morgan fingerprint density at radius 3 is 2.77 bits per heavy atom. The smallest absolute Gasteiger partial charge is 0.309 e. The summed E-state index contributed by atoms with van der Waals surface area (Å²) in [6.07, 6.45) is -0.161. The van der Waals surface area contributed by atoms with Crippen molar-refractivity contribution in [2.45, 2.75) is 6.42 Å². The lowest BCUT2D eigenvalue weighted by Gasteiger charge is -1.96. The van der Waals surface area contributed by atoms with E-state index < -0.39 is 5.97 Å². The van der Waals surface area contributed by atoms with Crippen LogP contribution in [0.4, 0.5) is 0 Å². The predicted molar refractivity (Wildman–Crippen MR) is 46.1 cm³/mol. The first-order valence-corrected chi connectivity index (χ1v) is 3.91. The minimum Gasteiger partial charge on any atom is -0.481 e. The second-order valence-corrected chi connectivity index (χ2v) is 2.84. The Morgan fingerprint density at radius 2 is 2.38 bits per heavy atom. The monoisotopic (exact) mass is 204 g/mol. The van der Waals surface area contributed by atoms with Crippen LogP contribution in [0.1, 0.15) is 5.69 Å². The van der Waals surface area contributed by atoms with E-state index in [4.69, 9.17) is 21.4 Å². The van der Waals surface area contributed by atoms with Gasteiger partial charge in [-0.2, -0.15) is 0 Å². The summed E-state index contributed by atoms with van der Waals surface area (Å²) in [5.74, 6) is -0.701. The van der Waals surface area contributed by atoms with Gasteiger partial charge in [-0.3, -0.25) is 9.48 Å². The molecule has 5 nitrogen and oxygen atoms in total. The van der Waals surface area contributed by atoms with Gasteiger partial charge in [0.15, 0.2) is 0 Å². The highest BCUT2D eigenvalue weighted by atomic mass is 35.5. The minimum atomic E-state index is -0.951. The number of nitrogens with zero attached hydrogens (tertiary/aromatic N) is 2. The van der Waals surface area contributed by atoms with Gasteiger partial charge >= 0.3 is 5.97 Å². The summed E-state index contributed by atoms with van der Waals surface area (Å²) >= 11 is 5.80. The van der Waals surface area contributed by atoms with E-state index in [1.807, 2.05) is 0 Å². The highest BCUT2D eigenvalue weighted by molar-refractivity contribution is 6.32. The van der Waals surface area contributed by atoms with E-state index in [1.165, 1.54) is 11.8 Å². The average Bonchev–Trinajstić information content (AvgIpc) is 2.31. The summed E-state index contributed by atoms with van der Waals surface area (Å²) in [6.45, 7) is 0. The molecule has 0 atom stereocenters. The molecule has 0 aliphatic carbocycles. The molecular weight excluding hydrogens is 196 g/mol. The zero-order chi connectivity index (χ0) is 10.0. The molecule has 0 fully saturated rings. The Kier molecular flexibility index (Phi) is 2.77. The maximum absolute atomic E-state index is 10.4. The summed E-state index contributed by atoms with van der Waals surface area (Å²) in [7, 11) is 3.05. The number of aliphatic carboxylic acids is 1. The number of carbonyl (C=O) groups is 1. The molecule has 0 radical (unpaired) electrons. The summed E-state index contributed by atoms with van der Waals surface area (Å²) in [5.41, 5.74) is 0.436. The number of hydrogen-bond acceptors (Lipinski definition) is 3. The standard InChI is InChI=1S/C7H9ClN2O3/c1-10-4(3-5(11)12)6(8)7(9-10)13-2/h3H2,1-2H3,(H,11,12). The van der Waals surface area contributed by atoms with Crippen molar-refractivity contribution in [1.82, 2.24) is 9.78 Å². The SMILES string of the molecule is COc1nn(C)c(CC(=O)O)c1Cl. The number of methoxy groups -OCH3 is 1. The lowest BCUT2D eigenvalue weighted by Crippen LogP contribution is -2.06. The number of aryl methyl sites for hydroxylation is 1. The number of halogens is 1. The van der Waals surface area contributed by atoms with Crippen LogP contribution in [-0.2, 0) is 18.3 Å².